The molecule has 0 saturated carbocycles. The van der Waals surface area contributed by atoms with Gasteiger partial charge in [-0.2, -0.15) is 0 Å². The van der Waals surface area contributed by atoms with Crippen molar-refractivity contribution < 1.29 is 18.8 Å². The molecular weight excluding hydrogens is 351 g/mol. The van der Waals surface area contributed by atoms with Crippen molar-refractivity contribution in [2.75, 3.05) is 12.4 Å². The van der Waals surface area contributed by atoms with E-state index in [1.54, 1.807) is 36.4 Å². The van der Waals surface area contributed by atoms with Crippen LogP contribution in [0.1, 0.15) is 15.9 Å². The zero-order valence-corrected chi connectivity index (χ0v) is 14.3. The second-order valence-electron chi connectivity index (χ2n) is 5.62. The zero-order valence-electron chi connectivity index (χ0n) is 14.3. The van der Waals surface area contributed by atoms with Crippen molar-refractivity contribution in [3.8, 4) is 5.75 Å². The van der Waals surface area contributed by atoms with Crippen LogP contribution in [0.4, 0.5) is 21.5 Å². The van der Waals surface area contributed by atoms with E-state index in [1.165, 1.54) is 31.4 Å². The number of rotatable bonds is 6. The van der Waals surface area contributed by atoms with E-state index < -0.39 is 16.5 Å². The molecular formula is C20H15FN2O4. The normalized spacial score (nSPS) is 10.3. The number of hydrogen-bond donors (Lipinski definition) is 1. The van der Waals surface area contributed by atoms with Gasteiger partial charge in [0.1, 0.15) is 17.3 Å². The SMILES string of the molecule is COc1ccccc1C(=O)c1ccc(Nc2ccccc2[N+](=O)[O-])cc1F. The molecule has 0 aliphatic rings. The predicted molar refractivity (Wildman–Crippen MR) is 99.2 cm³/mol. The van der Waals surface area contributed by atoms with Crippen molar-refractivity contribution in [2.24, 2.45) is 0 Å². The van der Waals surface area contributed by atoms with E-state index in [0.29, 0.717) is 11.4 Å². The highest BCUT2D eigenvalue weighted by molar-refractivity contribution is 6.11. The minimum absolute atomic E-state index is 0.118. The van der Waals surface area contributed by atoms with Gasteiger partial charge in [0, 0.05) is 11.8 Å². The highest BCUT2D eigenvalue weighted by atomic mass is 19.1. The Morgan fingerprint density at radius 3 is 2.44 bits per heavy atom. The second-order valence-corrected chi connectivity index (χ2v) is 5.62. The molecule has 0 heterocycles. The number of anilines is 2. The van der Waals surface area contributed by atoms with E-state index in [2.05, 4.69) is 5.32 Å². The number of para-hydroxylation sites is 3. The fraction of sp³-hybridized carbons (Fsp3) is 0.0500. The number of methoxy groups -OCH3 is 1. The fourth-order valence-corrected chi connectivity index (χ4v) is 2.65. The number of nitrogens with one attached hydrogen (secondary N) is 1. The Labute approximate surface area is 154 Å². The van der Waals surface area contributed by atoms with Crippen LogP contribution < -0.4 is 10.1 Å². The Morgan fingerprint density at radius 2 is 1.74 bits per heavy atom. The molecule has 7 heteroatoms. The first-order valence-electron chi connectivity index (χ1n) is 7.99. The highest BCUT2D eigenvalue weighted by Crippen LogP contribution is 2.29. The lowest BCUT2D eigenvalue weighted by Crippen LogP contribution is -2.07. The van der Waals surface area contributed by atoms with Crippen LogP contribution in [-0.4, -0.2) is 17.8 Å². The molecule has 1 N–H and O–H groups in total. The lowest BCUT2D eigenvalue weighted by molar-refractivity contribution is -0.383. The Bertz CT molecular complexity index is 1020. The van der Waals surface area contributed by atoms with Crippen LogP contribution in [0.5, 0.6) is 5.75 Å². The van der Waals surface area contributed by atoms with Gasteiger partial charge in [-0.1, -0.05) is 24.3 Å². The summed E-state index contributed by atoms with van der Waals surface area (Å²) < 4.78 is 19.7. The van der Waals surface area contributed by atoms with Gasteiger partial charge in [0.25, 0.3) is 5.69 Å². The van der Waals surface area contributed by atoms with E-state index >= 15 is 0 Å². The third-order valence-electron chi connectivity index (χ3n) is 3.95. The molecule has 27 heavy (non-hydrogen) atoms. The van der Waals surface area contributed by atoms with Gasteiger partial charge in [-0.15, -0.1) is 0 Å². The van der Waals surface area contributed by atoms with Crippen LogP contribution in [0, 0.1) is 15.9 Å². The van der Waals surface area contributed by atoms with E-state index in [-0.39, 0.29) is 22.5 Å². The number of ether oxygens (including phenoxy) is 1. The summed E-state index contributed by atoms with van der Waals surface area (Å²) in [6, 6.07) is 16.5. The number of carbonyl (C=O) groups is 1. The summed E-state index contributed by atoms with van der Waals surface area (Å²) in [6.07, 6.45) is 0. The summed E-state index contributed by atoms with van der Waals surface area (Å²) in [6.45, 7) is 0. The lowest BCUT2D eigenvalue weighted by atomic mass is 10.0. The maximum absolute atomic E-state index is 14.5. The van der Waals surface area contributed by atoms with Crippen LogP contribution >= 0.6 is 0 Å². The van der Waals surface area contributed by atoms with Gasteiger partial charge >= 0.3 is 0 Å². The van der Waals surface area contributed by atoms with Gasteiger partial charge in [0.05, 0.1) is 23.2 Å². The Kier molecular flexibility index (Phi) is 5.12. The second kappa shape index (κ2) is 7.65. The minimum atomic E-state index is -0.741. The number of carbonyl (C=O) groups excluding carboxylic acids is 1. The first-order valence-corrected chi connectivity index (χ1v) is 7.99. The number of nitro groups is 1. The summed E-state index contributed by atoms with van der Waals surface area (Å²) in [7, 11) is 1.43. The number of benzene rings is 3. The van der Waals surface area contributed by atoms with Gasteiger partial charge in [-0.25, -0.2) is 4.39 Å². The number of hydrogen-bond acceptors (Lipinski definition) is 5. The molecule has 0 aliphatic carbocycles. The first-order chi connectivity index (χ1) is 13.0. The Morgan fingerprint density at radius 1 is 1.04 bits per heavy atom. The maximum Gasteiger partial charge on any atom is 0.292 e. The number of nitro benzene ring substituents is 1. The smallest absolute Gasteiger partial charge is 0.292 e. The third kappa shape index (κ3) is 3.77. The van der Waals surface area contributed by atoms with Gasteiger partial charge in [0.15, 0.2) is 5.78 Å². The summed E-state index contributed by atoms with van der Waals surface area (Å²) in [5, 5.41) is 13.9. The molecule has 0 radical (unpaired) electrons. The molecule has 0 spiro atoms. The molecule has 0 saturated heterocycles. The summed E-state index contributed by atoms with van der Waals surface area (Å²) in [4.78, 5) is 23.2. The monoisotopic (exact) mass is 366 g/mol. The van der Waals surface area contributed by atoms with Gasteiger partial charge in [0.2, 0.25) is 0 Å². The van der Waals surface area contributed by atoms with Crippen LogP contribution in [0.2, 0.25) is 0 Å². The Balaban J connectivity index is 1.91. The van der Waals surface area contributed by atoms with E-state index in [9.17, 15) is 19.3 Å². The summed E-state index contributed by atoms with van der Waals surface area (Å²) in [5.74, 6) is -0.902. The average molecular weight is 366 g/mol. The largest absolute Gasteiger partial charge is 0.496 e. The molecule has 0 amide bonds. The van der Waals surface area contributed by atoms with Crippen LogP contribution in [0.25, 0.3) is 0 Å². The van der Waals surface area contributed by atoms with Gasteiger partial charge < -0.3 is 10.1 Å². The average Bonchev–Trinajstić information content (AvgIpc) is 2.68. The van der Waals surface area contributed by atoms with Crippen molar-refractivity contribution >= 4 is 22.8 Å². The molecule has 0 bridgehead atoms. The molecule has 3 rings (SSSR count). The standard InChI is InChI=1S/C20H15FN2O4/c1-27-19-9-5-2-6-15(19)20(24)14-11-10-13(12-16(14)21)22-17-7-3-4-8-18(17)23(25)26/h2-12,22H,1H3. The molecule has 3 aromatic rings. The zero-order chi connectivity index (χ0) is 19.4. The van der Waals surface area contributed by atoms with E-state index in [1.807, 2.05) is 0 Å². The molecule has 6 nitrogen and oxygen atoms in total. The van der Waals surface area contributed by atoms with Crippen molar-refractivity contribution in [1.29, 1.82) is 0 Å². The molecule has 136 valence electrons. The van der Waals surface area contributed by atoms with Crippen molar-refractivity contribution in [3.63, 3.8) is 0 Å². The predicted octanol–water partition coefficient (Wildman–Crippen LogP) is 4.72. The van der Waals surface area contributed by atoms with Crippen LogP contribution in [0.15, 0.2) is 66.7 Å². The summed E-state index contributed by atoms with van der Waals surface area (Å²) >= 11 is 0. The molecule has 3 aromatic carbocycles. The van der Waals surface area contributed by atoms with Crippen molar-refractivity contribution in [3.05, 3.63) is 93.8 Å². The quantitative estimate of drug-likeness (QED) is 0.388. The third-order valence-corrected chi connectivity index (χ3v) is 3.95. The molecule has 0 aromatic heterocycles. The van der Waals surface area contributed by atoms with Crippen LogP contribution in [0.3, 0.4) is 0 Å². The number of ketones is 1. The molecule has 0 atom stereocenters. The molecule has 0 fully saturated rings. The van der Waals surface area contributed by atoms with Crippen molar-refractivity contribution in [2.45, 2.75) is 0 Å². The minimum Gasteiger partial charge on any atom is -0.496 e. The van der Waals surface area contributed by atoms with Crippen molar-refractivity contribution in [1.82, 2.24) is 0 Å². The van der Waals surface area contributed by atoms with Gasteiger partial charge in [-0.3, -0.25) is 14.9 Å². The number of nitrogens with zero attached hydrogens (tertiary/aromatic N) is 1. The van der Waals surface area contributed by atoms with E-state index in [0.717, 1.165) is 6.07 Å². The fourth-order valence-electron chi connectivity index (χ4n) is 2.65. The summed E-state index contributed by atoms with van der Waals surface area (Å²) in [5.41, 5.74) is 0.516. The van der Waals surface area contributed by atoms with E-state index in [4.69, 9.17) is 4.74 Å². The lowest BCUT2D eigenvalue weighted by Gasteiger charge is -2.10. The maximum atomic E-state index is 14.5. The topological polar surface area (TPSA) is 81.5 Å². The highest BCUT2D eigenvalue weighted by Gasteiger charge is 2.19. The number of halogens is 1. The van der Waals surface area contributed by atoms with Gasteiger partial charge in [-0.05, 0) is 36.4 Å². The molecule has 0 unspecified atom stereocenters. The Hall–Kier alpha value is -3.74. The van der Waals surface area contributed by atoms with Crippen LogP contribution in [-0.2, 0) is 0 Å². The molecule has 0 aliphatic heterocycles. The first kappa shape index (κ1) is 18.1.